The van der Waals surface area contributed by atoms with Gasteiger partial charge in [-0.2, -0.15) is 0 Å². The first-order chi connectivity index (χ1) is 18.1. The summed E-state index contributed by atoms with van der Waals surface area (Å²) in [5.74, 6) is -1.03. The second kappa shape index (κ2) is 11.7. The molecule has 1 aliphatic heterocycles. The maximum atomic E-state index is 13.9. The van der Waals surface area contributed by atoms with Gasteiger partial charge >= 0.3 is 0 Å². The summed E-state index contributed by atoms with van der Waals surface area (Å²) in [6, 6.07) is 16.6. The highest BCUT2D eigenvalue weighted by molar-refractivity contribution is 7.93. The number of hydrogen-bond donors (Lipinski definition) is 2. The maximum absolute atomic E-state index is 13.9. The van der Waals surface area contributed by atoms with Crippen molar-refractivity contribution in [3.63, 3.8) is 0 Å². The van der Waals surface area contributed by atoms with Crippen LogP contribution < -0.4 is 20.3 Å². The van der Waals surface area contributed by atoms with Crippen molar-refractivity contribution in [2.75, 3.05) is 28.1 Å². The van der Waals surface area contributed by atoms with Gasteiger partial charge in [0.05, 0.1) is 32.7 Å². The molecule has 11 heteroatoms. The Morgan fingerprint density at radius 1 is 0.974 bits per heavy atom. The Balaban J connectivity index is 1.63. The minimum Gasteiger partial charge on any atom is -0.330 e. The number of amides is 2. The first kappa shape index (κ1) is 27.9. The number of fused-ring (bicyclic) bond motifs is 1. The van der Waals surface area contributed by atoms with E-state index in [1.807, 2.05) is 12.1 Å². The highest BCUT2D eigenvalue weighted by Gasteiger charge is 2.44. The molecule has 3 N–H and O–H groups in total. The fourth-order valence-corrected chi connectivity index (χ4v) is 6.39. The zero-order chi connectivity index (χ0) is 27.4. The van der Waals surface area contributed by atoms with E-state index in [1.54, 1.807) is 43.4 Å². The van der Waals surface area contributed by atoms with Crippen molar-refractivity contribution in [1.82, 2.24) is 0 Å². The monoisotopic (exact) mass is 574 g/mol. The Morgan fingerprint density at radius 3 is 2.32 bits per heavy atom. The van der Waals surface area contributed by atoms with Gasteiger partial charge in [0.25, 0.3) is 15.9 Å². The average molecular weight is 576 g/mol. The van der Waals surface area contributed by atoms with Crippen molar-refractivity contribution in [3.8, 4) is 0 Å². The molecule has 3 aromatic carbocycles. The third kappa shape index (κ3) is 5.81. The number of rotatable bonds is 9. The molecule has 0 aromatic heterocycles. The Morgan fingerprint density at radius 2 is 1.66 bits per heavy atom. The summed E-state index contributed by atoms with van der Waals surface area (Å²) in [6.45, 7) is 0.644. The van der Waals surface area contributed by atoms with Crippen molar-refractivity contribution < 1.29 is 18.0 Å². The first-order valence-electron chi connectivity index (χ1n) is 12.1. The second-order valence-electron chi connectivity index (χ2n) is 8.97. The lowest BCUT2D eigenvalue weighted by atomic mass is 10.1. The summed E-state index contributed by atoms with van der Waals surface area (Å²) in [4.78, 5) is 27.8. The molecule has 1 atom stereocenters. The molecule has 1 aliphatic rings. The van der Waals surface area contributed by atoms with Gasteiger partial charge in [0, 0.05) is 12.7 Å². The van der Waals surface area contributed by atoms with E-state index in [2.05, 4.69) is 5.32 Å². The predicted octanol–water partition coefficient (Wildman–Crippen LogP) is 4.84. The van der Waals surface area contributed by atoms with Crippen LogP contribution >= 0.6 is 23.2 Å². The number of hydrogen-bond acceptors (Lipinski definition) is 5. The van der Waals surface area contributed by atoms with Crippen LogP contribution in [0.15, 0.2) is 71.6 Å². The molecule has 200 valence electrons. The summed E-state index contributed by atoms with van der Waals surface area (Å²) < 4.78 is 28.8. The van der Waals surface area contributed by atoms with Crippen LogP contribution in [0.1, 0.15) is 24.8 Å². The molecule has 3 aromatic rings. The fourth-order valence-electron chi connectivity index (χ4n) is 4.38. The zero-order valence-corrected chi connectivity index (χ0v) is 23.1. The van der Waals surface area contributed by atoms with Gasteiger partial charge in [-0.25, -0.2) is 8.42 Å². The molecule has 0 saturated heterocycles. The number of para-hydroxylation sites is 2. The first-order valence-corrected chi connectivity index (χ1v) is 14.3. The number of benzene rings is 3. The van der Waals surface area contributed by atoms with E-state index in [9.17, 15) is 18.0 Å². The van der Waals surface area contributed by atoms with Gasteiger partial charge in [-0.05, 0) is 73.8 Å². The van der Waals surface area contributed by atoms with E-state index in [4.69, 9.17) is 28.9 Å². The minimum absolute atomic E-state index is 0.0576. The quantitative estimate of drug-likeness (QED) is 0.355. The van der Waals surface area contributed by atoms with Gasteiger partial charge in [0.1, 0.15) is 6.04 Å². The van der Waals surface area contributed by atoms with Gasteiger partial charge < -0.3 is 16.0 Å². The Labute approximate surface area is 232 Å². The molecule has 0 unspecified atom stereocenters. The third-order valence-corrected chi connectivity index (χ3v) is 8.92. The van der Waals surface area contributed by atoms with Crippen LogP contribution in [0.4, 0.5) is 17.1 Å². The van der Waals surface area contributed by atoms with Crippen LogP contribution in [-0.2, 0) is 26.0 Å². The molecule has 8 nitrogen and oxygen atoms in total. The van der Waals surface area contributed by atoms with Gasteiger partial charge in [-0.15, -0.1) is 0 Å². The number of halogens is 2. The predicted molar refractivity (Wildman–Crippen MR) is 151 cm³/mol. The summed E-state index contributed by atoms with van der Waals surface area (Å²) in [5.41, 5.74) is 7.90. The number of sulfonamides is 1. The maximum Gasteiger partial charge on any atom is 0.265 e. The van der Waals surface area contributed by atoms with Crippen LogP contribution in [-0.4, -0.2) is 39.9 Å². The Bertz CT molecular complexity index is 1450. The van der Waals surface area contributed by atoms with Crippen LogP contribution in [0.25, 0.3) is 0 Å². The summed E-state index contributed by atoms with van der Waals surface area (Å²) in [5, 5.41) is 3.04. The number of nitrogens with zero attached hydrogens (tertiary/aromatic N) is 2. The highest BCUT2D eigenvalue weighted by atomic mass is 35.5. The number of carbonyl (C=O) groups excluding carboxylic acids is 2. The molecule has 1 heterocycles. The van der Waals surface area contributed by atoms with Crippen LogP contribution in [0, 0.1) is 0 Å². The van der Waals surface area contributed by atoms with E-state index in [0.717, 1.165) is 29.1 Å². The van der Waals surface area contributed by atoms with Crippen molar-refractivity contribution in [3.05, 3.63) is 82.3 Å². The number of aryl methyl sites for hydroxylation is 1. The van der Waals surface area contributed by atoms with Crippen LogP contribution in [0.2, 0.25) is 10.0 Å². The highest BCUT2D eigenvalue weighted by Crippen LogP contribution is 2.40. The SMILES string of the molecule is CN1C(=O)[C@@H](CC(=O)Nc2ccc(CCCCN)cc2)N(S(=O)(=O)c2ccc(Cl)c(Cl)c2)c2ccccc21. The van der Waals surface area contributed by atoms with Crippen molar-refractivity contribution in [2.24, 2.45) is 5.73 Å². The van der Waals surface area contributed by atoms with Gasteiger partial charge in [0.15, 0.2) is 0 Å². The summed E-state index contributed by atoms with van der Waals surface area (Å²) in [7, 11) is -2.75. The number of anilines is 3. The molecule has 2 amide bonds. The topological polar surface area (TPSA) is 113 Å². The standard InChI is InChI=1S/C27H28Cl2N4O4S/c1-32-23-7-2-3-8-24(23)33(38(36,37)20-13-14-21(28)22(29)16-20)25(27(32)35)17-26(34)31-19-11-9-18(10-12-19)6-4-5-15-30/h2-3,7-14,16,25H,4-6,15,17,30H2,1H3,(H,31,34)/t25-/m1/s1. The lowest BCUT2D eigenvalue weighted by Gasteiger charge is -2.40. The summed E-state index contributed by atoms with van der Waals surface area (Å²) in [6.07, 6.45) is 2.41. The number of nitrogens with two attached hydrogens (primary N) is 1. The molecule has 4 rings (SSSR count). The van der Waals surface area contributed by atoms with Gasteiger partial charge in [-0.1, -0.05) is 47.5 Å². The van der Waals surface area contributed by atoms with E-state index in [-0.39, 0.29) is 20.6 Å². The van der Waals surface area contributed by atoms with E-state index in [1.165, 1.54) is 23.1 Å². The van der Waals surface area contributed by atoms with Gasteiger partial charge in [-0.3, -0.25) is 13.9 Å². The molecular weight excluding hydrogens is 547 g/mol. The van der Waals surface area contributed by atoms with Crippen molar-refractivity contribution in [1.29, 1.82) is 0 Å². The number of nitrogens with one attached hydrogen (secondary N) is 1. The molecule has 0 saturated carbocycles. The van der Waals surface area contributed by atoms with E-state index in [0.29, 0.717) is 17.9 Å². The molecule has 0 spiro atoms. The number of carbonyl (C=O) groups is 2. The molecule has 0 aliphatic carbocycles. The number of unbranched alkanes of at least 4 members (excludes halogenated alkanes) is 1. The fraction of sp³-hybridized carbons (Fsp3) is 0.259. The molecule has 0 radical (unpaired) electrons. The molecule has 0 bridgehead atoms. The van der Waals surface area contributed by atoms with E-state index >= 15 is 0 Å². The zero-order valence-electron chi connectivity index (χ0n) is 20.7. The van der Waals surface area contributed by atoms with Crippen molar-refractivity contribution in [2.45, 2.75) is 36.6 Å². The Hall–Kier alpha value is -3.11. The lowest BCUT2D eigenvalue weighted by molar-refractivity contribution is -0.123. The summed E-state index contributed by atoms with van der Waals surface area (Å²) >= 11 is 12.1. The van der Waals surface area contributed by atoms with E-state index < -0.39 is 34.3 Å². The second-order valence-corrected chi connectivity index (χ2v) is 11.6. The average Bonchev–Trinajstić information content (AvgIpc) is 2.89. The van der Waals surface area contributed by atoms with Crippen LogP contribution in [0.5, 0.6) is 0 Å². The van der Waals surface area contributed by atoms with Crippen molar-refractivity contribution >= 4 is 62.1 Å². The van der Waals surface area contributed by atoms with Crippen LogP contribution in [0.3, 0.4) is 0 Å². The number of likely N-dealkylation sites (N-methyl/N-ethyl adjacent to an activating group) is 1. The third-order valence-electron chi connectivity index (χ3n) is 6.36. The smallest absolute Gasteiger partial charge is 0.265 e. The molecule has 0 fully saturated rings. The largest absolute Gasteiger partial charge is 0.330 e. The normalized spacial score (nSPS) is 15.4. The Kier molecular flexibility index (Phi) is 8.62. The molecule has 38 heavy (non-hydrogen) atoms. The van der Waals surface area contributed by atoms with Gasteiger partial charge in [0.2, 0.25) is 5.91 Å². The minimum atomic E-state index is -4.30. The molecular formula is C27H28Cl2N4O4S. The lowest BCUT2D eigenvalue weighted by Crippen LogP contribution is -2.55.